The topological polar surface area (TPSA) is 539 Å². The number of carboxylic acid groups (broad SMARTS) is 1. The third kappa shape index (κ3) is 30.4. The molecule has 0 spiro atoms. The van der Waals surface area contributed by atoms with Gasteiger partial charge in [0.1, 0.15) is 61.1 Å². The van der Waals surface area contributed by atoms with Crippen LogP contribution in [0.3, 0.4) is 0 Å². The van der Waals surface area contributed by atoms with Crippen LogP contribution in [0.2, 0.25) is 0 Å². The van der Waals surface area contributed by atoms with Crippen molar-refractivity contribution in [3.63, 3.8) is 0 Å². The molecule has 12 atom stereocenters. The number of halogens is 3. The quantitative estimate of drug-likeness (QED) is 0.0116. The maximum absolute atomic E-state index is 14.6. The first kappa shape index (κ1) is 84.2. The number of carboxylic acids is 1. The third-order valence-corrected chi connectivity index (χ3v) is 14.1. The molecule has 0 aliphatic heterocycles. The van der Waals surface area contributed by atoms with E-state index in [1.165, 1.54) is 26.8 Å². The van der Waals surface area contributed by atoms with E-state index in [4.69, 9.17) is 26.4 Å². The van der Waals surface area contributed by atoms with Crippen molar-refractivity contribution < 1.29 is 110 Å². The molecule has 0 aromatic heterocycles. The van der Waals surface area contributed by atoms with Gasteiger partial charge in [-0.1, -0.05) is 90.4 Å². The zero-order chi connectivity index (χ0) is 74.5. The number of hydrogen-bond acceptors (Lipinski definition) is 20. The van der Waals surface area contributed by atoms with Crippen molar-refractivity contribution in [3.05, 3.63) is 65.7 Å². The second-order valence-corrected chi connectivity index (χ2v) is 24.4. The average Bonchev–Trinajstić information content (AvgIpc) is 0.854. The Kier molecular flexibility index (Phi) is 34.3. The van der Waals surface area contributed by atoms with E-state index in [2.05, 4.69) is 47.3 Å². The van der Waals surface area contributed by atoms with Gasteiger partial charge in [-0.2, -0.15) is 13.2 Å². The van der Waals surface area contributed by atoms with Crippen molar-refractivity contribution in [2.24, 2.45) is 29.2 Å². The summed E-state index contributed by atoms with van der Waals surface area (Å²) >= 11 is 0. The molecular weight excluding hydrogens is 1310 g/mol. The molecule has 34 nitrogen and oxygen atoms in total. The Morgan fingerprint density at radius 1 is 0.602 bits per heavy atom. The normalized spacial score (nSPS) is 15.1. The Morgan fingerprint density at radius 2 is 1.15 bits per heavy atom. The molecule has 11 amide bonds. The van der Waals surface area contributed by atoms with E-state index in [-0.39, 0.29) is 56.9 Å². The molecule has 0 radical (unpaired) electrons. The van der Waals surface area contributed by atoms with Gasteiger partial charge in [0.25, 0.3) is 0 Å². The number of hydrogen-bond donors (Lipinski definition) is 18. The summed E-state index contributed by atoms with van der Waals surface area (Å²) in [4.78, 5) is 173. The first-order chi connectivity index (χ1) is 45.5. The highest BCUT2D eigenvalue weighted by atomic mass is 19.4. The van der Waals surface area contributed by atoms with Crippen LogP contribution in [0, 0.1) is 23.2 Å². The van der Waals surface area contributed by atoms with Crippen LogP contribution < -0.4 is 70.0 Å². The second kappa shape index (κ2) is 40.0. The second-order valence-electron chi connectivity index (χ2n) is 24.4. The third-order valence-electron chi connectivity index (χ3n) is 14.1. The largest absolute Gasteiger partial charge is 0.490 e. The number of aliphatic hydroxyl groups excluding tert-OH is 3. The minimum atomic E-state index is -5.58. The van der Waals surface area contributed by atoms with Gasteiger partial charge in [-0.05, 0) is 88.0 Å². The fourth-order valence-electron chi connectivity index (χ4n) is 8.76. The van der Waals surface area contributed by atoms with Gasteiger partial charge in [0.2, 0.25) is 53.2 Å². The van der Waals surface area contributed by atoms with Crippen LogP contribution in [0.25, 0.3) is 0 Å². The number of esters is 1. The summed E-state index contributed by atoms with van der Waals surface area (Å²) in [5, 5.41) is 75.1. The number of aliphatic carboxylic acids is 1. The molecule has 2 aromatic carbocycles. The van der Waals surface area contributed by atoms with E-state index in [0.717, 1.165) is 6.92 Å². The fourth-order valence-corrected chi connectivity index (χ4v) is 8.76. The molecule has 20 N–H and O–H groups in total. The number of amides is 11. The molecule has 98 heavy (non-hydrogen) atoms. The highest BCUT2D eigenvalue weighted by Gasteiger charge is 2.43. The molecular formula is C61H91F3N14O20. The summed E-state index contributed by atoms with van der Waals surface area (Å²) in [5.41, 5.74) is 10.9. The number of alkyl halides is 3. The van der Waals surface area contributed by atoms with Gasteiger partial charge in [-0.25, -0.2) is 19.2 Å². The van der Waals surface area contributed by atoms with Gasteiger partial charge in [0, 0.05) is 18.7 Å². The van der Waals surface area contributed by atoms with Gasteiger partial charge in [0.05, 0.1) is 18.8 Å². The molecule has 0 saturated carbocycles. The number of aliphatic hydroxyl groups is 3. The highest BCUT2D eigenvalue weighted by molar-refractivity contribution is 5.99. The molecule has 0 aliphatic rings. The zero-order valence-corrected chi connectivity index (χ0v) is 55.8. The number of nitrogens with one attached hydrogen (secondary N) is 12. The lowest BCUT2D eigenvalue weighted by Gasteiger charge is -2.31. The van der Waals surface area contributed by atoms with Gasteiger partial charge in [-0.3, -0.25) is 53.9 Å². The summed E-state index contributed by atoms with van der Waals surface area (Å²) < 4.78 is 52.6. The van der Waals surface area contributed by atoms with Crippen molar-refractivity contribution in [2.45, 2.75) is 186 Å². The SMILES string of the molecule is CC[C@H](C)[C@H](NC(=O)[C@@H](CCCNC(=N)N)NC(=O)[C@H](CC(C)C)NC(=O)[C@@H](NC(=O)[C@H](Cc1cccc(NC(=O)OC(C)(C)C)c1)NC(=O)OCc1ccccc1)C(O)C(C)C)C(=O)N[C@H](C(=O)NCC(=O)N[C@H](C(=O)N[C@@H](COC(=O)C(F)(F)F)C(=O)O)C(O)C(N)=O)[C@H](C)O. The minimum Gasteiger partial charge on any atom is -0.480 e. The van der Waals surface area contributed by atoms with Gasteiger partial charge in [0.15, 0.2) is 18.1 Å². The molecule has 0 aliphatic carbocycles. The number of guanidine groups is 1. The van der Waals surface area contributed by atoms with Crippen LogP contribution in [-0.4, -0.2) is 202 Å². The minimum absolute atomic E-state index is 0.0175. The highest BCUT2D eigenvalue weighted by Crippen LogP contribution is 2.19. The summed E-state index contributed by atoms with van der Waals surface area (Å²) in [7, 11) is 0. The number of primary amides is 1. The van der Waals surface area contributed by atoms with Gasteiger partial charge in [-0.15, -0.1) is 0 Å². The van der Waals surface area contributed by atoms with E-state index in [1.54, 1.807) is 101 Å². The van der Waals surface area contributed by atoms with Crippen molar-refractivity contribution in [3.8, 4) is 0 Å². The summed E-state index contributed by atoms with van der Waals surface area (Å²) in [6.45, 7) is 12.5. The smallest absolute Gasteiger partial charge is 0.480 e. The predicted molar refractivity (Wildman–Crippen MR) is 341 cm³/mol. The standard InChI is InChI=1S/C61H91F3N14O20/c1-11-31(6)41(52(88)77-42(32(7)79)51(87)69-26-40(80)75-44(46(82)47(65)83)54(90)73-39(55(91)92)28-96-56(93)61(62,63)64)76-48(84)36(21-16-22-68-57(66)67)71-49(85)37(23-29(2)3)72-53(89)43(45(81)30(4)5)78-50(86)38(74-58(94)97-27-33-17-13-12-14-18-33)25-34-19-15-20-35(24-34)70-59(95)98-60(8,9)10/h12-15,17-20,24,29-32,36-39,41-46,79,81-82H,11,16,21-23,25-28H2,1-10H3,(H2,65,83)(H,69,87)(H,70,95)(H,71,85)(H,72,89)(H,73,90)(H,74,94)(H,75,80)(H,76,84)(H,77,88)(H,78,86)(H,91,92)(H4,66,67,68)/t31-,32-,36+,37-,38-,39-,41-,42-,43-,44-,45?,46?/m0/s1. The molecule has 0 fully saturated rings. The Hall–Kier alpha value is -9.91. The lowest BCUT2D eigenvalue weighted by atomic mass is 9.96. The van der Waals surface area contributed by atoms with E-state index in [1.807, 2.05) is 5.32 Å². The molecule has 0 bridgehead atoms. The van der Waals surface area contributed by atoms with Crippen LogP contribution in [0.5, 0.6) is 0 Å². The number of anilines is 1. The lowest BCUT2D eigenvalue weighted by molar-refractivity contribution is -0.200. The van der Waals surface area contributed by atoms with Crippen molar-refractivity contribution in [2.75, 3.05) is 25.0 Å². The number of nitrogens with two attached hydrogens (primary N) is 2. The Labute approximate surface area is 562 Å². The number of rotatable bonds is 38. The fraction of sp³-hybridized carbons (Fsp3) is 0.574. The first-order valence-corrected chi connectivity index (χ1v) is 30.9. The Morgan fingerprint density at radius 3 is 1.70 bits per heavy atom. The van der Waals surface area contributed by atoms with Crippen LogP contribution >= 0.6 is 0 Å². The van der Waals surface area contributed by atoms with E-state index in [9.17, 15) is 95.9 Å². The zero-order valence-electron chi connectivity index (χ0n) is 55.8. The van der Waals surface area contributed by atoms with Crippen molar-refractivity contribution in [1.29, 1.82) is 5.41 Å². The van der Waals surface area contributed by atoms with Crippen LogP contribution in [0.15, 0.2) is 54.6 Å². The number of alkyl carbamates (subject to hydrolysis) is 1. The van der Waals surface area contributed by atoms with Crippen molar-refractivity contribution in [1.82, 2.24) is 53.2 Å². The predicted octanol–water partition coefficient (Wildman–Crippen LogP) is -1.83. The Balaban J connectivity index is 2.48. The monoisotopic (exact) mass is 1400 g/mol. The molecule has 0 heterocycles. The number of carbonyl (C=O) groups is 13. The van der Waals surface area contributed by atoms with Crippen LogP contribution in [-0.2, 0) is 80.0 Å². The molecule has 2 aromatic rings. The number of ether oxygens (including phenoxy) is 3. The molecule has 2 rings (SSSR count). The van der Waals surface area contributed by atoms with Gasteiger partial charge >= 0.3 is 30.3 Å². The summed E-state index contributed by atoms with van der Waals surface area (Å²) in [6.07, 6.45) is -14.0. The Bertz CT molecular complexity index is 3100. The van der Waals surface area contributed by atoms with Crippen molar-refractivity contribution >= 4 is 88.9 Å². The molecule has 2 unspecified atom stereocenters. The van der Waals surface area contributed by atoms with E-state index in [0.29, 0.717) is 11.1 Å². The summed E-state index contributed by atoms with van der Waals surface area (Å²) in [6, 6.07) is -0.178. The molecule has 546 valence electrons. The maximum Gasteiger partial charge on any atom is 0.490 e. The van der Waals surface area contributed by atoms with E-state index < -0.39 is 187 Å². The molecule has 0 saturated heterocycles. The maximum atomic E-state index is 14.6. The van der Waals surface area contributed by atoms with Crippen LogP contribution in [0.4, 0.5) is 28.4 Å². The lowest BCUT2D eigenvalue weighted by Crippen LogP contribution is -2.63. The first-order valence-electron chi connectivity index (χ1n) is 30.9. The molecule has 37 heteroatoms. The van der Waals surface area contributed by atoms with Gasteiger partial charge < -0.3 is 99.3 Å². The summed E-state index contributed by atoms with van der Waals surface area (Å²) in [5.74, 6) is -18.7. The van der Waals surface area contributed by atoms with E-state index >= 15 is 0 Å². The van der Waals surface area contributed by atoms with Crippen LogP contribution in [0.1, 0.15) is 106 Å². The average molecular weight is 1400 g/mol. The number of benzene rings is 2. The number of carbonyl (C=O) groups excluding carboxylic acids is 12.